The number of carbonyl (C=O) groups is 1. The van der Waals surface area contributed by atoms with E-state index >= 15 is 0 Å². The first-order chi connectivity index (χ1) is 12.8. The molecule has 0 saturated heterocycles. The number of sulfonamides is 1. The number of anilines is 1. The maximum Gasteiger partial charge on any atom is 0.232 e. The molecule has 1 aromatic rings. The molecule has 6 nitrogen and oxygen atoms in total. The van der Waals surface area contributed by atoms with Crippen LogP contribution in [0.3, 0.4) is 0 Å². The van der Waals surface area contributed by atoms with Crippen molar-refractivity contribution in [2.24, 2.45) is 11.8 Å². The van der Waals surface area contributed by atoms with Crippen molar-refractivity contribution in [3.63, 3.8) is 0 Å². The van der Waals surface area contributed by atoms with Crippen LogP contribution in [0.2, 0.25) is 5.02 Å². The van der Waals surface area contributed by atoms with E-state index in [0.29, 0.717) is 41.3 Å². The standard InChI is InChI=1S/C19H27ClN2O4S/c1-26-18-8-7-15(12-16(18)20)22(27(2,24)25)9-3-4-19(23)21-17-11-13-5-6-14(17)10-13/h7-8,12-14,17H,3-6,9-11H2,1-2H3,(H,21,23)/t13-,14-,17-/m0/s1. The van der Waals surface area contributed by atoms with Gasteiger partial charge in [-0.3, -0.25) is 9.10 Å². The Balaban J connectivity index is 1.56. The molecule has 27 heavy (non-hydrogen) atoms. The maximum atomic E-state index is 12.3. The highest BCUT2D eigenvalue weighted by atomic mass is 35.5. The van der Waals surface area contributed by atoms with Gasteiger partial charge in [0.1, 0.15) is 5.75 Å². The summed E-state index contributed by atoms with van der Waals surface area (Å²) in [4.78, 5) is 12.3. The lowest BCUT2D eigenvalue weighted by Gasteiger charge is -2.24. The molecule has 0 aromatic heterocycles. The van der Waals surface area contributed by atoms with E-state index < -0.39 is 10.0 Å². The predicted octanol–water partition coefficient (Wildman–Crippen LogP) is 3.20. The van der Waals surface area contributed by atoms with Gasteiger partial charge in [-0.2, -0.15) is 0 Å². The van der Waals surface area contributed by atoms with E-state index in [1.54, 1.807) is 18.2 Å². The number of halogens is 1. The molecule has 2 aliphatic rings. The molecule has 2 fully saturated rings. The number of fused-ring (bicyclic) bond motifs is 2. The normalized spacial score (nSPS) is 24.0. The van der Waals surface area contributed by atoms with Gasteiger partial charge in [0, 0.05) is 19.0 Å². The lowest BCUT2D eigenvalue weighted by atomic mass is 9.95. The van der Waals surface area contributed by atoms with E-state index in [9.17, 15) is 13.2 Å². The Labute approximate surface area is 166 Å². The number of amides is 1. The molecule has 150 valence electrons. The van der Waals surface area contributed by atoms with Gasteiger partial charge < -0.3 is 10.1 Å². The van der Waals surface area contributed by atoms with Gasteiger partial charge in [0.05, 0.1) is 24.1 Å². The first kappa shape index (κ1) is 20.3. The monoisotopic (exact) mass is 414 g/mol. The number of rotatable bonds is 8. The van der Waals surface area contributed by atoms with Crippen LogP contribution >= 0.6 is 11.6 Å². The fourth-order valence-corrected chi connectivity index (χ4v) is 5.59. The highest BCUT2D eigenvalue weighted by molar-refractivity contribution is 7.92. The summed E-state index contributed by atoms with van der Waals surface area (Å²) in [6.45, 7) is 0.228. The minimum absolute atomic E-state index is 0.00812. The molecule has 3 atom stereocenters. The van der Waals surface area contributed by atoms with Crippen molar-refractivity contribution in [1.82, 2.24) is 5.32 Å². The van der Waals surface area contributed by atoms with Crippen molar-refractivity contribution in [3.05, 3.63) is 23.2 Å². The third-order valence-electron chi connectivity index (χ3n) is 5.67. The topological polar surface area (TPSA) is 75.7 Å². The molecule has 3 rings (SSSR count). The lowest BCUT2D eigenvalue weighted by molar-refractivity contribution is -0.122. The van der Waals surface area contributed by atoms with Gasteiger partial charge in [0.2, 0.25) is 15.9 Å². The van der Waals surface area contributed by atoms with Gasteiger partial charge in [-0.05, 0) is 55.7 Å². The molecular weight excluding hydrogens is 388 g/mol. The molecule has 2 aliphatic carbocycles. The first-order valence-electron chi connectivity index (χ1n) is 9.38. The number of nitrogens with zero attached hydrogens (tertiary/aromatic N) is 1. The van der Waals surface area contributed by atoms with E-state index in [-0.39, 0.29) is 12.5 Å². The van der Waals surface area contributed by atoms with Gasteiger partial charge in [-0.1, -0.05) is 18.0 Å². The molecule has 0 spiro atoms. The fraction of sp³-hybridized carbons (Fsp3) is 0.632. The van der Waals surface area contributed by atoms with Crippen molar-refractivity contribution in [3.8, 4) is 5.75 Å². The molecule has 1 amide bonds. The smallest absolute Gasteiger partial charge is 0.232 e. The summed E-state index contributed by atoms with van der Waals surface area (Å²) in [5.74, 6) is 1.90. The highest BCUT2D eigenvalue weighted by Gasteiger charge is 2.39. The van der Waals surface area contributed by atoms with Crippen LogP contribution in [0.15, 0.2) is 18.2 Å². The summed E-state index contributed by atoms with van der Waals surface area (Å²) in [7, 11) is -1.98. The van der Waals surface area contributed by atoms with Gasteiger partial charge in [-0.25, -0.2) is 8.42 Å². The average Bonchev–Trinajstić information content (AvgIpc) is 3.20. The molecule has 2 bridgehead atoms. The average molecular weight is 415 g/mol. The maximum absolute atomic E-state index is 12.3. The third-order valence-corrected chi connectivity index (χ3v) is 7.16. The molecule has 0 radical (unpaired) electrons. The Bertz CT molecular complexity index is 799. The molecule has 8 heteroatoms. The van der Waals surface area contributed by atoms with Crippen molar-refractivity contribution in [2.45, 2.75) is 44.6 Å². The molecule has 1 N–H and O–H groups in total. The summed E-state index contributed by atoms with van der Waals surface area (Å²) < 4.78 is 30.8. The van der Waals surface area contributed by atoms with Crippen LogP contribution in [-0.4, -0.2) is 40.3 Å². The Hall–Kier alpha value is -1.47. The fourth-order valence-electron chi connectivity index (χ4n) is 4.38. The van der Waals surface area contributed by atoms with Crippen LogP contribution in [0.5, 0.6) is 5.75 Å². The summed E-state index contributed by atoms with van der Waals surface area (Å²) in [5, 5.41) is 3.49. The summed E-state index contributed by atoms with van der Waals surface area (Å²) in [6, 6.07) is 5.16. The van der Waals surface area contributed by atoms with Crippen LogP contribution in [0.4, 0.5) is 5.69 Å². The van der Waals surface area contributed by atoms with Crippen LogP contribution < -0.4 is 14.4 Å². The van der Waals surface area contributed by atoms with Gasteiger partial charge in [0.25, 0.3) is 0 Å². The molecule has 0 aliphatic heterocycles. The van der Waals surface area contributed by atoms with Crippen LogP contribution in [-0.2, 0) is 14.8 Å². The van der Waals surface area contributed by atoms with Crippen molar-refractivity contribution >= 4 is 33.2 Å². The second-order valence-corrected chi connectivity index (χ2v) is 9.92. The van der Waals surface area contributed by atoms with E-state index in [4.69, 9.17) is 16.3 Å². The molecule has 1 aromatic carbocycles. The summed E-state index contributed by atoms with van der Waals surface area (Å²) in [6.07, 6.45) is 6.76. The van der Waals surface area contributed by atoms with Crippen molar-refractivity contribution in [1.29, 1.82) is 0 Å². The molecule has 0 heterocycles. The van der Waals surface area contributed by atoms with Crippen LogP contribution in [0.1, 0.15) is 38.5 Å². The van der Waals surface area contributed by atoms with Crippen LogP contribution in [0.25, 0.3) is 0 Å². The first-order valence-corrected chi connectivity index (χ1v) is 11.6. The predicted molar refractivity (Wildman–Crippen MR) is 107 cm³/mol. The van der Waals surface area contributed by atoms with Gasteiger partial charge in [-0.15, -0.1) is 0 Å². The quantitative estimate of drug-likeness (QED) is 0.708. The Morgan fingerprint density at radius 2 is 2.11 bits per heavy atom. The minimum atomic E-state index is -3.48. The van der Waals surface area contributed by atoms with Crippen molar-refractivity contribution < 1.29 is 17.9 Å². The zero-order chi connectivity index (χ0) is 19.6. The summed E-state index contributed by atoms with van der Waals surface area (Å²) in [5.41, 5.74) is 0.469. The van der Waals surface area contributed by atoms with E-state index in [1.165, 1.54) is 30.7 Å². The molecular formula is C19H27ClN2O4S. The molecule has 2 saturated carbocycles. The van der Waals surface area contributed by atoms with Crippen molar-refractivity contribution in [2.75, 3.05) is 24.2 Å². The van der Waals surface area contributed by atoms with Gasteiger partial charge in [0.15, 0.2) is 0 Å². The Morgan fingerprint density at radius 3 is 2.67 bits per heavy atom. The number of hydrogen-bond acceptors (Lipinski definition) is 4. The molecule has 0 unspecified atom stereocenters. The number of methoxy groups -OCH3 is 1. The van der Waals surface area contributed by atoms with E-state index in [0.717, 1.165) is 18.6 Å². The zero-order valence-electron chi connectivity index (χ0n) is 15.8. The number of hydrogen-bond donors (Lipinski definition) is 1. The summed E-state index contributed by atoms with van der Waals surface area (Å²) >= 11 is 6.12. The SMILES string of the molecule is COc1ccc(N(CCCC(=O)N[C@H]2C[C@H]3CC[C@H]2C3)S(C)(=O)=O)cc1Cl. The lowest BCUT2D eigenvalue weighted by Crippen LogP contribution is -2.39. The second kappa shape index (κ2) is 8.27. The largest absolute Gasteiger partial charge is 0.495 e. The Morgan fingerprint density at radius 1 is 1.33 bits per heavy atom. The van der Waals surface area contributed by atoms with E-state index in [1.807, 2.05) is 0 Å². The minimum Gasteiger partial charge on any atom is -0.495 e. The Kier molecular flexibility index (Phi) is 6.21. The number of nitrogens with one attached hydrogen (secondary N) is 1. The van der Waals surface area contributed by atoms with Gasteiger partial charge >= 0.3 is 0 Å². The number of carbonyl (C=O) groups excluding carboxylic acids is 1. The van der Waals surface area contributed by atoms with E-state index in [2.05, 4.69) is 5.32 Å². The van der Waals surface area contributed by atoms with Crippen LogP contribution in [0, 0.1) is 11.8 Å². The highest BCUT2D eigenvalue weighted by Crippen LogP contribution is 2.44. The second-order valence-electron chi connectivity index (χ2n) is 7.61. The number of ether oxygens (including phenoxy) is 1. The zero-order valence-corrected chi connectivity index (χ0v) is 17.4. The number of benzene rings is 1. The third kappa shape index (κ3) is 4.88.